The highest BCUT2D eigenvalue weighted by atomic mass is 16.5. The Morgan fingerprint density at radius 1 is 1.30 bits per heavy atom. The van der Waals surface area contributed by atoms with Crippen LogP contribution in [0.4, 0.5) is 0 Å². The Morgan fingerprint density at radius 3 is 2.61 bits per heavy atom. The number of hydrogen-bond acceptors (Lipinski definition) is 5. The number of amides is 1. The van der Waals surface area contributed by atoms with Gasteiger partial charge < -0.3 is 14.6 Å². The summed E-state index contributed by atoms with van der Waals surface area (Å²) >= 11 is 0. The first-order chi connectivity index (χ1) is 10.9. The molecular weight excluding hydrogens is 294 g/mol. The molecule has 1 aromatic carbocycles. The van der Waals surface area contributed by atoms with Gasteiger partial charge in [0.05, 0.1) is 13.2 Å². The number of benzene rings is 1. The Hall–Kier alpha value is -2.21. The third kappa shape index (κ3) is 5.17. The summed E-state index contributed by atoms with van der Waals surface area (Å²) in [6.07, 6.45) is -0.552. The van der Waals surface area contributed by atoms with Crippen LogP contribution in [0, 0.1) is 0 Å². The molecule has 0 aliphatic heterocycles. The lowest BCUT2D eigenvalue weighted by Crippen LogP contribution is -2.34. The van der Waals surface area contributed by atoms with Crippen LogP contribution in [0.5, 0.6) is 0 Å². The molecule has 1 heterocycles. The van der Waals surface area contributed by atoms with E-state index in [2.05, 4.69) is 15.5 Å². The molecule has 23 heavy (non-hydrogen) atoms. The minimum atomic E-state index is -0.552. The molecule has 6 heteroatoms. The van der Waals surface area contributed by atoms with Crippen molar-refractivity contribution in [3.8, 4) is 0 Å². The van der Waals surface area contributed by atoms with Crippen LogP contribution in [0.1, 0.15) is 45.0 Å². The average Bonchev–Trinajstić information content (AvgIpc) is 3.00. The number of hydrogen-bond donors (Lipinski definition) is 1. The largest absolute Gasteiger partial charge is 0.364 e. The van der Waals surface area contributed by atoms with Crippen LogP contribution in [-0.4, -0.2) is 22.2 Å². The molecule has 0 spiro atoms. The molecule has 0 bridgehead atoms. The lowest BCUT2D eigenvalue weighted by molar-refractivity contribution is -0.132. The predicted molar refractivity (Wildman–Crippen MR) is 85.5 cm³/mol. The summed E-state index contributed by atoms with van der Waals surface area (Å²) in [7, 11) is 0. The molecule has 0 saturated carbocycles. The van der Waals surface area contributed by atoms with Crippen molar-refractivity contribution in [2.45, 2.75) is 52.4 Å². The molecule has 0 fully saturated rings. The van der Waals surface area contributed by atoms with E-state index in [1.165, 1.54) is 0 Å². The molecule has 1 atom stereocenters. The van der Waals surface area contributed by atoms with Gasteiger partial charge in [0.2, 0.25) is 11.8 Å². The van der Waals surface area contributed by atoms with Crippen LogP contribution in [0.2, 0.25) is 0 Å². The fourth-order valence-electron chi connectivity index (χ4n) is 1.81. The van der Waals surface area contributed by atoms with E-state index in [0.29, 0.717) is 18.3 Å². The number of rotatable bonds is 6. The number of aromatic nitrogens is 2. The molecule has 0 aliphatic carbocycles. The Bertz CT molecular complexity index is 632. The van der Waals surface area contributed by atoms with Crippen LogP contribution < -0.4 is 5.32 Å². The first-order valence-corrected chi connectivity index (χ1v) is 7.62. The maximum Gasteiger partial charge on any atom is 0.249 e. The predicted octanol–water partition coefficient (Wildman–Crippen LogP) is 2.59. The lowest BCUT2D eigenvalue weighted by atomic mass is 9.97. The van der Waals surface area contributed by atoms with Gasteiger partial charge in [-0.25, -0.2) is 0 Å². The van der Waals surface area contributed by atoms with Gasteiger partial charge in [-0.3, -0.25) is 4.79 Å². The summed E-state index contributed by atoms with van der Waals surface area (Å²) in [4.78, 5) is 16.3. The Kier molecular flexibility index (Phi) is 5.50. The monoisotopic (exact) mass is 317 g/mol. The van der Waals surface area contributed by atoms with Gasteiger partial charge in [-0.05, 0) is 12.5 Å². The molecule has 124 valence electrons. The van der Waals surface area contributed by atoms with Gasteiger partial charge >= 0.3 is 0 Å². The fourth-order valence-corrected chi connectivity index (χ4v) is 1.81. The highest BCUT2D eigenvalue weighted by molar-refractivity contribution is 5.80. The number of carbonyl (C=O) groups is 1. The van der Waals surface area contributed by atoms with Gasteiger partial charge in [0.25, 0.3) is 0 Å². The van der Waals surface area contributed by atoms with E-state index < -0.39 is 6.10 Å². The van der Waals surface area contributed by atoms with Gasteiger partial charge in [-0.2, -0.15) is 4.98 Å². The van der Waals surface area contributed by atoms with Crippen molar-refractivity contribution in [2.75, 3.05) is 0 Å². The minimum absolute atomic E-state index is 0.206. The Labute approximate surface area is 136 Å². The zero-order chi connectivity index (χ0) is 16.9. The first kappa shape index (κ1) is 17.1. The van der Waals surface area contributed by atoms with E-state index in [9.17, 15) is 4.79 Å². The normalized spacial score (nSPS) is 12.9. The molecular formula is C17H23N3O3. The average molecular weight is 317 g/mol. The van der Waals surface area contributed by atoms with Gasteiger partial charge in [-0.1, -0.05) is 56.3 Å². The van der Waals surface area contributed by atoms with Crippen molar-refractivity contribution in [2.24, 2.45) is 0 Å². The second-order valence-corrected chi connectivity index (χ2v) is 6.42. The third-order valence-corrected chi connectivity index (χ3v) is 3.24. The summed E-state index contributed by atoms with van der Waals surface area (Å²) in [5.41, 5.74) is 0.821. The number of ether oxygens (including phenoxy) is 1. The topological polar surface area (TPSA) is 77.2 Å². The zero-order valence-corrected chi connectivity index (χ0v) is 14.0. The maximum atomic E-state index is 12.0. The number of carbonyl (C=O) groups excluding carboxylic acids is 1. The fraction of sp³-hybridized carbons (Fsp3) is 0.471. The van der Waals surface area contributed by atoms with Crippen molar-refractivity contribution >= 4 is 5.91 Å². The van der Waals surface area contributed by atoms with Crippen molar-refractivity contribution in [3.63, 3.8) is 0 Å². The van der Waals surface area contributed by atoms with Crippen LogP contribution in [0.15, 0.2) is 34.9 Å². The van der Waals surface area contributed by atoms with Crippen LogP contribution in [0.3, 0.4) is 0 Å². The van der Waals surface area contributed by atoms with E-state index in [-0.39, 0.29) is 17.9 Å². The molecule has 0 saturated heterocycles. The maximum absolute atomic E-state index is 12.0. The smallest absolute Gasteiger partial charge is 0.249 e. The molecule has 1 aromatic heterocycles. The van der Waals surface area contributed by atoms with E-state index in [1.54, 1.807) is 6.92 Å². The molecule has 1 N–H and O–H groups in total. The Morgan fingerprint density at radius 2 is 2.00 bits per heavy atom. The van der Waals surface area contributed by atoms with Gasteiger partial charge in [0.15, 0.2) is 5.82 Å². The highest BCUT2D eigenvalue weighted by Gasteiger charge is 2.22. The molecule has 0 unspecified atom stereocenters. The van der Waals surface area contributed by atoms with E-state index >= 15 is 0 Å². The summed E-state index contributed by atoms with van der Waals surface area (Å²) in [5, 5.41) is 6.62. The van der Waals surface area contributed by atoms with Gasteiger partial charge in [-0.15, -0.1) is 0 Å². The zero-order valence-electron chi connectivity index (χ0n) is 14.0. The van der Waals surface area contributed by atoms with Crippen LogP contribution >= 0.6 is 0 Å². The summed E-state index contributed by atoms with van der Waals surface area (Å²) in [5.74, 6) is 0.802. The minimum Gasteiger partial charge on any atom is -0.364 e. The Balaban J connectivity index is 1.79. The quantitative estimate of drug-likeness (QED) is 0.886. The van der Waals surface area contributed by atoms with Crippen LogP contribution in [0.25, 0.3) is 0 Å². The summed E-state index contributed by atoms with van der Waals surface area (Å²) < 4.78 is 10.7. The van der Waals surface area contributed by atoms with E-state index in [4.69, 9.17) is 9.26 Å². The molecule has 0 aliphatic rings. The first-order valence-electron chi connectivity index (χ1n) is 7.62. The SMILES string of the molecule is C[C@H](OCc1ccccc1)C(=O)NCc1noc(C(C)(C)C)n1. The summed E-state index contributed by atoms with van der Waals surface area (Å²) in [6, 6.07) is 9.73. The molecule has 1 amide bonds. The lowest BCUT2D eigenvalue weighted by Gasteiger charge is -2.12. The highest BCUT2D eigenvalue weighted by Crippen LogP contribution is 2.19. The second kappa shape index (κ2) is 7.37. The van der Waals surface area contributed by atoms with E-state index in [1.807, 2.05) is 51.1 Å². The van der Waals surface area contributed by atoms with Crippen molar-refractivity contribution in [1.29, 1.82) is 0 Å². The molecule has 0 radical (unpaired) electrons. The summed E-state index contributed by atoms with van der Waals surface area (Å²) in [6.45, 7) is 8.30. The second-order valence-electron chi connectivity index (χ2n) is 6.42. The standard InChI is InChI=1S/C17H23N3O3/c1-12(22-11-13-8-6-5-7-9-13)15(21)18-10-14-19-16(23-20-14)17(2,3)4/h5-9,12H,10-11H2,1-4H3,(H,18,21)/t12-/m0/s1. The van der Waals surface area contributed by atoms with Crippen LogP contribution in [-0.2, 0) is 28.1 Å². The van der Waals surface area contributed by atoms with Crippen molar-refractivity contribution in [3.05, 3.63) is 47.6 Å². The van der Waals surface area contributed by atoms with E-state index in [0.717, 1.165) is 5.56 Å². The number of nitrogens with one attached hydrogen (secondary N) is 1. The molecule has 2 rings (SSSR count). The number of nitrogens with zero attached hydrogens (tertiary/aromatic N) is 2. The molecule has 6 nitrogen and oxygen atoms in total. The van der Waals surface area contributed by atoms with Crippen molar-refractivity contribution in [1.82, 2.24) is 15.5 Å². The molecule has 2 aromatic rings. The van der Waals surface area contributed by atoms with Gasteiger partial charge in [0.1, 0.15) is 6.10 Å². The third-order valence-electron chi connectivity index (χ3n) is 3.24. The van der Waals surface area contributed by atoms with Gasteiger partial charge in [0, 0.05) is 5.41 Å². The van der Waals surface area contributed by atoms with Crippen molar-refractivity contribution < 1.29 is 14.1 Å².